The second-order valence-corrected chi connectivity index (χ2v) is 5.02. The van der Waals surface area contributed by atoms with Gasteiger partial charge in [-0.2, -0.15) is 0 Å². The van der Waals surface area contributed by atoms with E-state index < -0.39 is 5.82 Å². The lowest BCUT2D eigenvalue weighted by molar-refractivity contribution is 0.0676. The SMILES string of the molecule is CCC(CC)N(CCCl)C(=O)c1cc(C)ccc1F. The van der Waals surface area contributed by atoms with Crippen LogP contribution in [0.25, 0.3) is 0 Å². The summed E-state index contributed by atoms with van der Waals surface area (Å²) in [6.45, 7) is 6.34. The lowest BCUT2D eigenvalue weighted by atomic mass is 10.1. The first kappa shape index (κ1) is 16.0. The zero-order valence-corrected chi connectivity index (χ0v) is 12.5. The van der Waals surface area contributed by atoms with E-state index in [2.05, 4.69) is 0 Å². The van der Waals surface area contributed by atoms with Crippen LogP contribution in [0, 0.1) is 12.7 Å². The average molecular weight is 286 g/mol. The standard InChI is InChI=1S/C15H21ClFNO/c1-4-12(5-2)18(9-8-16)15(19)13-10-11(3)6-7-14(13)17/h6-7,10,12H,4-5,8-9H2,1-3H3. The Kier molecular flexibility index (Phi) is 6.29. The van der Waals surface area contributed by atoms with E-state index in [1.807, 2.05) is 20.8 Å². The first-order valence-corrected chi connectivity index (χ1v) is 7.21. The minimum absolute atomic E-state index is 0.103. The van der Waals surface area contributed by atoms with Gasteiger partial charge < -0.3 is 4.90 Å². The van der Waals surface area contributed by atoms with Crippen LogP contribution in [0.2, 0.25) is 0 Å². The van der Waals surface area contributed by atoms with Crippen molar-refractivity contribution in [3.63, 3.8) is 0 Å². The molecule has 1 rings (SSSR count). The number of halogens is 2. The molecule has 2 nitrogen and oxygen atoms in total. The lowest BCUT2D eigenvalue weighted by Gasteiger charge is -2.30. The topological polar surface area (TPSA) is 20.3 Å². The lowest BCUT2D eigenvalue weighted by Crippen LogP contribution is -2.41. The van der Waals surface area contributed by atoms with Gasteiger partial charge in [0.1, 0.15) is 5.82 Å². The van der Waals surface area contributed by atoms with Crippen molar-refractivity contribution in [2.24, 2.45) is 0 Å². The highest BCUT2D eigenvalue weighted by Crippen LogP contribution is 2.17. The molecule has 0 atom stereocenters. The van der Waals surface area contributed by atoms with Gasteiger partial charge >= 0.3 is 0 Å². The molecule has 0 saturated carbocycles. The van der Waals surface area contributed by atoms with Gasteiger partial charge in [0.05, 0.1) is 5.56 Å². The normalized spacial score (nSPS) is 10.8. The van der Waals surface area contributed by atoms with Crippen LogP contribution in [-0.2, 0) is 0 Å². The zero-order valence-electron chi connectivity index (χ0n) is 11.7. The number of amides is 1. The highest BCUT2D eigenvalue weighted by molar-refractivity contribution is 6.18. The van der Waals surface area contributed by atoms with E-state index in [-0.39, 0.29) is 17.5 Å². The van der Waals surface area contributed by atoms with E-state index in [4.69, 9.17) is 11.6 Å². The Labute approximate surface area is 119 Å². The molecular formula is C15H21ClFNO. The number of alkyl halides is 1. The fourth-order valence-electron chi connectivity index (χ4n) is 2.23. The molecule has 0 bridgehead atoms. The number of nitrogens with zero attached hydrogens (tertiary/aromatic N) is 1. The van der Waals surface area contributed by atoms with Crippen LogP contribution in [0.5, 0.6) is 0 Å². The maximum atomic E-state index is 13.8. The molecule has 106 valence electrons. The van der Waals surface area contributed by atoms with E-state index in [0.29, 0.717) is 12.4 Å². The Morgan fingerprint density at radius 2 is 2.00 bits per heavy atom. The first-order valence-electron chi connectivity index (χ1n) is 6.68. The number of carbonyl (C=O) groups excluding carboxylic acids is 1. The molecule has 0 aromatic heterocycles. The van der Waals surface area contributed by atoms with E-state index in [9.17, 15) is 9.18 Å². The average Bonchev–Trinajstić information content (AvgIpc) is 2.41. The second kappa shape index (κ2) is 7.49. The summed E-state index contributed by atoms with van der Waals surface area (Å²) < 4.78 is 13.8. The van der Waals surface area contributed by atoms with Gasteiger partial charge in [-0.25, -0.2) is 4.39 Å². The van der Waals surface area contributed by atoms with Gasteiger partial charge in [0, 0.05) is 18.5 Å². The number of hydrogen-bond donors (Lipinski definition) is 0. The third-order valence-electron chi connectivity index (χ3n) is 3.32. The number of rotatable bonds is 6. The van der Waals surface area contributed by atoms with Crippen LogP contribution in [0.1, 0.15) is 42.6 Å². The maximum Gasteiger partial charge on any atom is 0.257 e. The summed E-state index contributed by atoms with van der Waals surface area (Å²) in [6, 6.07) is 4.70. The van der Waals surface area contributed by atoms with Gasteiger partial charge in [0.2, 0.25) is 0 Å². The fraction of sp³-hybridized carbons (Fsp3) is 0.533. The number of benzene rings is 1. The van der Waals surface area contributed by atoms with Crippen LogP contribution in [-0.4, -0.2) is 29.3 Å². The van der Waals surface area contributed by atoms with E-state index in [1.54, 1.807) is 17.0 Å². The Balaban J connectivity index is 3.08. The van der Waals surface area contributed by atoms with Crippen LogP contribution >= 0.6 is 11.6 Å². The van der Waals surface area contributed by atoms with Crippen molar-refractivity contribution in [2.45, 2.75) is 39.7 Å². The van der Waals surface area contributed by atoms with Gasteiger partial charge in [-0.15, -0.1) is 11.6 Å². The Morgan fingerprint density at radius 1 is 1.37 bits per heavy atom. The molecule has 0 fully saturated rings. The minimum atomic E-state index is -0.471. The quantitative estimate of drug-likeness (QED) is 0.723. The fourth-order valence-corrected chi connectivity index (χ4v) is 2.41. The summed E-state index contributed by atoms with van der Waals surface area (Å²) in [7, 11) is 0. The molecule has 4 heteroatoms. The Bertz CT molecular complexity index is 432. The van der Waals surface area contributed by atoms with Crippen LogP contribution in [0.4, 0.5) is 4.39 Å². The molecule has 0 spiro atoms. The summed E-state index contributed by atoms with van der Waals surface area (Å²) in [5, 5.41) is 0. The molecule has 1 amide bonds. The second-order valence-electron chi connectivity index (χ2n) is 4.64. The molecule has 1 aromatic rings. The Morgan fingerprint density at radius 3 is 2.53 bits per heavy atom. The molecular weight excluding hydrogens is 265 g/mol. The van der Waals surface area contributed by atoms with Crippen molar-refractivity contribution in [1.82, 2.24) is 4.90 Å². The molecule has 1 aromatic carbocycles. The molecule has 0 aliphatic heterocycles. The third-order valence-corrected chi connectivity index (χ3v) is 3.49. The smallest absolute Gasteiger partial charge is 0.257 e. The van der Waals surface area contributed by atoms with Gasteiger partial charge in [0.25, 0.3) is 5.91 Å². The zero-order chi connectivity index (χ0) is 14.4. The van der Waals surface area contributed by atoms with Crippen molar-refractivity contribution in [3.05, 3.63) is 35.1 Å². The van der Waals surface area contributed by atoms with Gasteiger partial charge in [0.15, 0.2) is 0 Å². The molecule has 0 N–H and O–H groups in total. The molecule has 0 aliphatic rings. The molecule has 0 saturated heterocycles. The largest absolute Gasteiger partial charge is 0.334 e. The monoisotopic (exact) mass is 285 g/mol. The van der Waals surface area contributed by atoms with Crippen molar-refractivity contribution in [1.29, 1.82) is 0 Å². The number of hydrogen-bond acceptors (Lipinski definition) is 1. The summed E-state index contributed by atoms with van der Waals surface area (Å²) in [4.78, 5) is 14.2. The van der Waals surface area contributed by atoms with Crippen LogP contribution < -0.4 is 0 Å². The Hall–Kier alpha value is -1.09. The highest BCUT2D eigenvalue weighted by Gasteiger charge is 2.24. The molecule has 0 unspecified atom stereocenters. The molecule has 0 aliphatic carbocycles. The van der Waals surface area contributed by atoms with E-state index in [1.165, 1.54) is 6.07 Å². The van der Waals surface area contributed by atoms with Gasteiger partial charge in [-0.05, 0) is 31.9 Å². The van der Waals surface area contributed by atoms with Crippen molar-refractivity contribution < 1.29 is 9.18 Å². The van der Waals surface area contributed by atoms with Crippen molar-refractivity contribution in [3.8, 4) is 0 Å². The molecule has 19 heavy (non-hydrogen) atoms. The minimum Gasteiger partial charge on any atom is -0.334 e. The predicted octanol–water partition coefficient (Wildman–Crippen LogP) is 4.00. The predicted molar refractivity (Wildman–Crippen MR) is 77.3 cm³/mol. The summed E-state index contributed by atoms with van der Waals surface area (Å²) in [5.41, 5.74) is 1.01. The summed E-state index contributed by atoms with van der Waals surface area (Å²) in [6.07, 6.45) is 1.68. The van der Waals surface area contributed by atoms with Crippen LogP contribution in [0.15, 0.2) is 18.2 Å². The van der Waals surface area contributed by atoms with Crippen molar-refractivity contribution >= 4 is 17.5 Å². The molecule has 0 radical (unpaired) electrons. The van der Waals surface area contributed by atoms with Crippen LogP contribution in [0.3, 0.4) is 0 Å². The number of carbonyl (C=O) groups is 1. The summed E-state index contributed by atoms with van der Waals surface area (Å²) in [5.74, 6) is -0.382. The highest BCUT2D eigenvalue weighted by atomic mass is 35.5. The number of aryl methyl sites for hydroxylation is 1. The molecule has 0 heterocycles. The third kappa shape index (κ3) is 3.93. The van der Waals surface area contributed by atoms with E-state index >= 15 is 0 Å². The van der Waals surface area contributed by atoms with E-state index in [0.717, 1.165) is 18.4 Å². The van der Waals surface area contributed by atoms with Gasteiger partial charge in [-0.3, -0.25) is 4.79 Å². The summed E-state index contributed by atoms with van der Waals surface area (Å²) >= 11 is 5.77. The van der Waals surface area contributed by atoms with Gasteiger partial charge in [-0.1, -0.05) is 25.5 Å². The van der Waals surface area contributed by atoms with Crippen molar-refractivity contribution in [2.75, 3.05) is 12.4 Å². The first-order chi connectivity index (χ1) is 9.04. The maximum absolute atomic E-state index is 13.8.